The molecule has 0 spiro atoms. The molecule has 0 aromatic heterocycles. The predicted molar refractivity (Wildman–Crippen MR) is 88.8 cm³/mol. The molecular formula is C19H34O. The van der Waals surface area contributed by atoms with E-state index in [0.717, 1.165) is 25.7 Å². The molecule has 0 bridgehead atoms. The van der Waals surface area contributed by atoms with Crippen molar-refractivity contribution < 1.29 is 4.79 Å². The molecule has 0 atom stereocenters. The minimum Gasteiger partial charge on any atom is -0.300 e. The fourth-order valence-corrected chi connectivity index (χ4v) is 2.29. The van der Waals surface area contributed by atoms with Crippen LogP contribution in [0.2, 0.25) is 0 Å². The molecule has 0 saturated heterocycles. The van der Waals surface area contributed by atoms with Gasteiger partial charge in [0.25, 0.3) is 0 Å². The van der Waals surface area contributed by atoms with Crippen LogP contribution in [0.3, 0.4) is 0 Å². The molecule has 116 valence electrons. The highest BCUT2D eigenvalue weighted by atomic mass is 16.1. The Morgan fingerprint density at radius 2 is 1.15 bits per heavy atom. The molecule has 0 aliphatic rings. The van der Waals surface area contributed by atoms with Crippen LogP contribution in [0.4, 0.5) is 0 Å². The van der Waals surface area contributed by atoms with E-state index >= 15 is 0 Å². The molecular weight excluding hydrogens is 244 g/mol. The van der Waals surface area contributed by atoms with Crippen molar-refractivity contribution >= 4 is 5.78 Å². The van der Waals surface area contributed by atoms with Crippen molar-refractivity contribution in [3.63, 3.8) is 0 Å². The highest BCUT2D eigenvalue weighted by Gasteiger charge is 1.93. The van der Waals surface area contributed by atoms with Crippen molar-refractivity contribution in [3.05, 3.63) is 0 Å². The second-order valence-corrected chi connectivity index (χ2v) is 5.84. The number of hydrogen-bond donors (Lipinski definition) is 0. The maximum atomic E-state index is 10.8. The van der Waals surface area contributed by atoms with E-state index in [4.69, 9.17) is 0 Å². The summed E-state index contributed by atoms with van der Waals surface area (Å²) in [5, 5.41) is 0. The van der Waals surface area contributed by atoms with Gasteiger partial charge in [-0.3, -0.25) is 0 Å². The molecule has 0 aromatic carbocycles. The van der Waals surface area contributed by atoms with Crippen LogP contribution in [0.15, 0.2) is 0 Å². The average Bonchev–Trinajstić information content (AvgIpc) is 2.43. The van der Waals surface area contributed by atoms with Crippen molar-refractivity contribution in [1.29, 1.82) is 0 Å². The number of ketones is 1. The maximum Gasteiger partial charge on any atom is 0.129 e. The van der Waals surface area contributed by atoms with Crippen LogP contribution in [0, 0.1) is 11.8 Å². The Bertz CT molecular complexity index is 269. The molecule has 0 saturated carbocycles. The standard InChI is InChI=1S/C19H34O/c1-3-4-5-6-7-8-9-10-11-12-13-14-15-16-17-18-19(2)20/h3-9,12-18H2,1-2H3. The van der Waals surface area contributed by atoms with Crippen LogP contribution < -0.4 is 0 Å². The van der Waals surface area contributed by atoms with Crippen LogP contribution >= 0.6 is 0 Å². The first kappa shape index (κ1) is 19.2. The van der Waals surface area contributed by atoms with Gasteiger partial charge >= 0.3 is 0 Å². The van der Waals surface area contributed by atoms with E-state index in [1.807, 2.05) is 0 Å². The molecule has 0 rings (SSSR count). The van der Waals surface area contributed by atoms with E-state index < -0.39 is 0 Å². The van der Waals surface area contributed by atoms with Gasteiger partial charge in [0.15, 0.2) is 0 Å². The first-order valence-electron chi connectivity index (χ1n) is 8.72. The van der Waals surface area contributed by atoms with E-state index in [1.54, 1.807) is 6.92 Å². The summed E-state index contributed by atoms with van der Waals surface area (Å²) in [6, 6.07) is 0. The predicted octanol–water partition coefficient (Wildman–Crippen LogP) is 6.06. The summed E-state index contributed by atoms with van der Waals surface area (Å²) in [5.74, 6) is 6.92. The SMILES string of the molecule is CCCCCCCCC#CCCCCCCCC(C)=O. The molecule has 0 aromatic rings. The monoisotopic (exact) mass is 278 g/mol. The van der Waals surface area contributed by atoms with E-state index in [0.29, 0.717) is 5.78 Å². The molecule has 0 amide bonds. The van der Waals surface area contributed by atoms with Crippen molar-refractivity contribution in [3.8, 4) is 11.8 Å². The minimum atomic E-state index is 0.325. The lowest BCUT2D eigenvalue weighted by Crippen LogP contribution is -1.89. The minimum absolute atomic E-state index is 0.325. The number of rotatable bonds is 13. The van der Waals surface area contributed by atoms with Gasteiger partial charge in [-0.2, -0.15) is 0 Å². The fraction of sp³-hybridized carbons (Fsp3) is 0.842. The third kappa shape index (κ3) is 17.2. The van der Waals surface area contributed by atoms with E-state index in [-0.39, 0.29) is 0 Å². The van der Waals surface area contributed by atoms with E-state index in [1.165, 1.54) is 64.2 Å². The van der Waals surface area contributed by atoms with Crippen molar-refractivity contribution in [2.45, 2.75) is 104 Å². The first-order chi connectivity index (χ1) is 9.77. The second-order valence-electron chi connectivity index (χ2n) is 5.84. The summed E-state index contributed by atoms with van der Waals surface area (Å²) in [7, 11) is 0. The van der Waals surface area contributed by atoms with Crippen LogP contribution in [0.5, 0.6) is 0 Å². The Hall–Kier alpha value is -0.770. The second kappa shape index (κ2) is 16.3. The van der Waals surface area contributed by atoms with Gasteiger partial charge in [0.05, 0.1) is 0 Å². The largest absolute Gasteiger partial charge is 0.300 e. The summed E-state index contributed by atoms with van der Waals surface area (Å²) in [6.45, 7) is 3.94. The zero-order valence-corrected chi connectivity index (χ0v) is 13.8. The normalized spacial score (nSPS) is 10.1. The molecule has 0 N–H and O–H groups in total. The smallest absolute Gasteiger partial charge is 0.129 e. The van der Waals surface area contributed by atoms with E-state index in [9.17, 15) is 4.79 Å². The maximum absolute atomic E-state index is 10.8. The van der Waals surface area contributed by atoms with Crippen LogP contribution in [-0.2, 0) is 4.79 Å². The van der Waals surface area contributed by atoms with Crippen molar-refractivity contribution in [2.75, 3.05) is 0 Å². The molecule has 0 fully saturated rings. The van der Waals surface area contributed by atoms with Gasteiger partial charge in [-0.15, -0.1) is 11.8 Å². The quantitative estimate of drug-likeness (QED) is 0.295. The Labute approximate surface area is 126 Å². The Morgan fingerprint density at radius 3 is 1.65 bits per heavy atom. The molecule has 20 heavy (non-hydrogen) atoms. The molecule has 0 aliphatic heterocycles. The third-order valence-electron chi connectivity index (χ3n) is 3.61. The molecule has 1 heteroatoms. The van der Waals surface area contributed by atoms with Gasteiger partial charge < -0.3 is 4.79 Å². The van der Waals surface area contributed by atoms with E-state index in [2.05, 4.69) is 18.8 Å². The van der Waals surface area contributed by atoms with Gasteiger partial charge in [0.2, 0.25) is 0 Å². The summed E-state index contributed by atoms with van der Waals surface area (Å²) in [6.07, 6.45) is 17.1. The Morgan fingerprint density at radius 1 is 0.700 bits per heavy atom. The van der Waals surface area contributed by atoms with Gasteiger partial charge in [-0.05, 0) is 26.2 Å². The van der Waals surface area contributed by atoms with Crippen LogP contribution in [0.25, 0.3) is 0 Å². The highest BCUT2D eigenvalue weighted by Crippen LogP contribution is 2.08. The zero-order valence-electron chi connectivity index (χ0n) is 13.8. The van der Waals surface area contributed by atoms with Gasteiger partial charge in [-0.25, -0.2) is 0 Å². The molecule has 0 aliphatic carbocycles. The Kier molecular flexibility index (Phi) is 15.7. The number of unbranched alkanes of at least 4 members (excludes halogenated alkanes) is 11. The number of carbonyl (C=O) groups excluding carboxylic acids is 1. The first-order valence-corrected chi connectivity index (χ1v) is 8.72. The lowest BCUT2D eigenvalue weighted by Gasteiger charge is -1.98. The lowest BCUT2D eigenvalue weighted by molar-refractivity contribution is -0.117. The Balaban J connectivity index is 3.11. The number of carbonyl (C=O) groups is 1. The summed E-state index contributed by atoms with van der Waals surface area (Å²) in [4.78, 5) is 10.8. The molecule has 0 radical (unpaired) electrons. The van der Waals surface area contributed by atoms with Crippen molar-refractivity contribution in [2.24, 2.45) is 0 Å². The summed E-state index contributed by atoms with van der Waals surface area (Å²) < 4.78 is 0. The van der Waals surface area contributed by atoms with Crippen LogP contribution in [-0.4, -0.2) is 5.78 Å². The lowest BCUT2D eigenvalue weighted by atomic mass is 10.1. The number of hydrogen-bond acceptors (Lipinski definition) is 1. The summed E-state index contributed by atoms with van der Waals surface area (Å²) in [5.41, 5.74) is 0. The number of Topliss-reactive ketones (excluding diaryl/α,β-unsaturated/α-hetero) is 1. The third-order valence-corrected chi connectivity index (χ3v) is 3.61. The van der Waals surface area contributed by atoms with Gasteiger partial charge in [0.1, 0.15) is 5.78 Å². The van der Waals surface area contributed by atoms with Crippen molar-refractivity contribution in [1.82, 2.24) is 0 Å². The van der Waals surface area contributed by atoms with Gasteiger partial charge in [0, 0.05) is 19.3 Å². The fourth-order valence-electron chi connectivity index (χ4n) is 2.29. The average molecular weight is 278 g/mol. The van der Waals surface area contributed by atoms with Crippen LogP contribution in [0.1, 0.15) is 104 Å². The molecule has 1 nitrogen and oxygen atoms in total. The molecule has 0 heterocycles. The summed E-state index contributed by atoms with van der Waals surface area (Å²) >= 11 is 0. The van der Waals surface area contributed by atoms with Gasteiger partial charge in [-0.1, -0.05) is 58.3 Å². The highest BCUT2D eigenvalue weighted by molar-refractivity contribution is 5.75. The topological polar surface area (TPSA) is 17.1 Å². The zero-order chi connectivity index (χ0) is 14.9. The molecule has 0 unspecified atom stereocenters.